The molecule has 0 aromatic heterocycles. The summed E-state index contributed by atoms with van der Waals surface area (Å²) in [5, 5.41) is 3.48. The first-order chi connectivity index (χ1) is 10.8. The number of unbranched alkanes of at least 4 members (excludes halogenated alkanes) is 12. The third-order valence-electron chi connectivity index (χ3n) is 4.56. The van der Waals surface area contributed by atoms with Crippen LogP contribution in [0, 0.1) is 5.92 Å². The van der Waals surface area contributed by atoms with Crippen molar-refractivity contribution in [3.05, 3.63) is 0 Å². The van der Waals surface area contributed by atoms with Crippen LogP contribution in [0.4, 0.5) is 0 Å². The highest BCUT2D eigenvalue weighted by Gasteiger charge is 1.96. The molecule has 0 aromatic carbocycles. The zero-order valence-electron chi connectivity index (χ0n) is 16.1. The van der Waals surface area contributed by atoms with Crippen LogP contribution in [0.1, 0.15) is 117 Å². The lowest BCUT2D eigenvalue weighted by molar-refractivity contribution is 0.502. The van der Waals surface area contributed by atoms with Crippen LogP contribution < -0.4 is 5.32 Å². The minimum atomic E-state index is 0.896. The van der Waals surface area contributed by atoms with E-state index in [1.54, 1.807) is 0 Å². The van der Waals surface area contributed by atoms with Gasteiger partial charge in [0, 0.05) is 0 Å². The van der Waals surface area contributed by atoms with Crippen molar-refractivity contribution in [2.45, 2.75) is 117 Å². The van der Waals surface area contributed by atoms with Crippen molar-refractivity contribution >= 4 is 0 Å². The van der Waals surface area contributed by atoms with Gasteiger partial charge in [-0.05, 0) is 31.8 Å². The summed E-state index contributed by atoms with van der Waals surface area (Å²) in [6, 6.07) is 0. The molecule has 134 valence electrons. The summed E-state index contributed by atoms with van der Waals surface area (Å²) in [6.07, 6.45) is 21.6. The Morgan fingerprint density at radius 1 is 0.545 bits per heavy atom. The van der Waals surface area contributed by atoms with E-state index in [0.717, 1.165) is 5.92 Å². The molecule has 0 radical (unpaired) electrons. The highest BCUT2D eigenvalue weighted by atomic mass is 14.8. The predicted octanol–water partition coefficient (Wildman–Crippen LogP) is 7.10. The smallest absolute Gasteiger partial charge is 0.00489 e. The average molecular weight is 312 g/mol. The summed E-state index contributed by atoms with van der Waals surface area (Å²) in [7, 11) is 0. The molecule has 1 heteroatoms. The quantitative estimate of drug-likeness (QED) is 0.266. The van der Waals surface area contributed by atoms with Crippen LogP contribution >= 0.6 is 0 Å². The molecule has 0 aliphatic carbocycles. The summed E-state index contributed by atoms with van der Waals surface area (Å²) in [4.78, 5) is 0. The molecule has 0 unspecified atom stereocenters. The zero-order chi connectivity index (χ0) is 16.3. The van der Waals surface area contributed by atoms with E-state index in [-0.39, 0.29) is 0 Å². The lowest BCUT2D eigenvalue weighted by Crippen LogP contribution is -2.15. The molecule has 1 N–H and O–H groups in total. The van der Waals surface area contributed by atoms with Gasteiger partial charge < -0.3 is 5.32 Å². The number of nitrogens with one attached hydrogen (secondary N) is 1. The lowest BCUT2D eigenvalue weighted by atomic mass is 10.0. The van der Waals surface area contributed by atoms with Crippen molar-refractivity contribution in [1.82, 2.24) is 5.32 Å². The van der Waals surface area contributed by atoms with E-state index in [0.29, 0.717) is 0 Å². The van der Waals surface area contributed by atoms with Gasteiger partial charge in [0.1, 0.15) is 0 Å². The SMILES string of the molecule is CCCNCCCCCCCCCCCCCCCC(C)C. The van der Waals surface area contributed by atoms with Gasteiger partial charge in [0.2, 0.25) is 0 Å². The van der Waals surface area contributed by atoms with E-state index in [1.165, 1.54) is 109 Å². The van der Waals surface area contributed by atoms with Gasteiger partial charge in [0.05, 0.1) is 0 Å². The molecule has 0 aliphatic rings. The summed E-state index contributed by atoms with van der Waals surface area (Å²) < 4.78 is 0. The molecule has 0 aromatic rings. The molecule has 0 atom stereocenters. The van der Waals surface area contributed by atoms with Crippen LogP contribution in [0.2, 0.25) is 0 Å². The van der Waals surface area contributed by atoms with Gasteiger partial charge in [-0.1, -0.05) is 104 Å². The molecule has 22 heavy (non-hydrogen) atoms. The van der Waals surface area contributed by atoms with Crippen molar-refractivity contribution in [3.8, 4) is 0 Å². The zero-order valence-corrected chi connectivity index (χ0v) is 16.1. The summed E-state index contributed by atoms with van der Waals surface area (Å²) in [5.74, 6) is 0.896. The van der Waals surface area contributed by atoms with Crippen LogP contribution in [-0.4, -0.2) is 13.1 Å². The Labute approximate surface area is 142 Å². The minimum Gasteiger partial charge on any atom is -0.317 e. The molecule has 1 nitrogen and oxygen atoms in total. The van der Waals surface area contributed by atoms with E-state index in [9.17, 15) is 0 Å². The highest BCUT2D eigenvalue weighted by Crippen LogP contribution is 2.14. The topological polar surface area (TPSA) is 12.0 Å². The van der Waals surface area contributed by atoms with E-state index in [4.69, 9.17) is 0 Å². The molecular formula is C21H45N. The van der Waals surface area contributed by atoms with Gasteiger partial charge in [-0.3, -0.25) is 0 Å². The second-order valence-corrected chi connectivity index (χ2v) is 7.53. The first-order valence-electron chi connectivity index (χ1n) is 10.5. The Morgan fingerprint density at radius 2 is 0.955 bits per heavy atom. The normalized spacial score (nSPS) is 11.5. The summed E-state index contributed by atoms with van der Waals surface area (Å²) in [5.41, 5.74) is 0. The molecule has 0 saturated carbocycles. The van der Waals surface area contributed by atoms with E-state index >= 15 is 0 Å². The minimum absolute atomic E-state index is 0.896. The first kappa shape index (κ1) is 22.0. The Balaban J connectivity index is 2.94. The monoisotopic (exact) mass is 311 g/mol. The van der Waals surface area contributed by atoms with Crippen molar-refractivity contribution < 1.29 is 0 Å². The first-order valence-corrected chi connectivity index (χ1v) is 10.5. The maximum Gasteiger partial charge on any atom is -0.00489 e. The van der Waals surface area contributed by atoms with E-state index in [2.05, 4.69) is 26.1 Å². The van der Waals surface area contributed by atoms with Crippen molar-refractivity contribution in [2.24, 2.45) is 5.92 Å². The second kappa shape index (κ2) is 19.0. The maximum atomic E-state index is 3.48. The van der Waals surface area contributed by atoms with Gasteiger partial charge in [-0.15, -0.1) is 0 Å². The Kier molecular flexibility index (Phi) is 19.0. The van der Waals surface area contributed by atoms with Crippen molar-refractivity contribution in [3.63, 3.8) is 0 Å². The average Bonchev–Trinajstić information content (AvgIpc) is 2.50. The summed E-state index contributed by atoms with van der Waals surface area (Å²) in [6.45, 7) is 9.33. The van der Waals surface area contributed by atoms with Crippen LogP contribution in [0.3, 0.4) is 0 Å². The number of hydrogen-bond donors (Lipinski definition) is 1. The van der Waals surface area contributed by atoms with Gasteiger partial charge >= 0.3 is 0 Å². The summed E-state index contributed by atoms with van der Waals surface area (Å²) >= 11 is 0. The Hall–Kier alpha value is -0.0400. The van der Waals surface area contributed by atoms with Crippen LogP contribution in [0.5, 0.6) is 0 Å². The molecule has 0 spiro atoms. The highest BCUT2D eigenvalue weighted by molar-refractivity contribution is 4.51. The lowest BCUT2D eigenvalue weighted by Gasteiger charge is -2.05. The van der Waals surface area contributed by atoms with Crippen molar-refractivity contribution in [1.29, 1.82) is 0 Å². The van der Waals surface area contributed by atoms with E-state index < -0.39 is 0 Å². The fourth-order valence-electron chi connectivity index (χ4n) is 3.05. The maximum absolute atomic E-state index is 3.48. The van der Waals surface area contributed by atoms with Gasteiger partial charge in [-0.25, -0.2) is 0 Å². The molecule has 0 heterocycles. The Bertz CT molecular complexity index is 188. The molecule has 0 amide bonds. The molecule has 0 fully saturated rings. The molecule has 0 bridgehead atoms. The fraction of sp³-hybridized carbons (Fsp3) is 1.00. The fourth-order valence-corrected chi connectivity index (χ4v) is 3.05. The predicted molar refractivity (Wildman–Crippen MR) is 103 cm³/mol. The molecule has 0 aliphatic heterocycles. The van der Waals surface area contributed by atoms with E-state index in [1.807, 2.05) is 0 Å². The standard InChI is InChI=1S/C21H45N/c1-4-19-22-20-17-15-13-11-9-7-5-6-8-10-12-14-16-18-21(2)3/h21-22H,4-20H2,1-3H3. The van der Waals surface area contributed by atoms with Gasteiger partial charge in [-0.2, -0.15) is 0 Å². The van der Waals surface area contributed by atoms with Gasteiger partial charge in [0.25, 0.3) is 0 Å². The number of hydrogen-bond acceptors (Lipinski definition) is 1. The van der Waals surface area contributed by atoms with Crippen LogP contribution in [-0.2, 0) is 0 Å². The second-order valence-electron chi connectivity index (χ2n) is 7.53. The van der Waals surface area contributed by atoms with Crippen LogP contribution in [0.15, 0.2) is 0 Å². The van der Waals surface area contributed by atoms with Crippen molar-refractivity contribution in [2.75, 3.05) is 13.1 Å². The molecular weight excluding hydrogens is 266 g/mol. The third kappa shape index (κ3) is 20.0. The number of rotatable bonds is 18. The van der Waals surface area contributed by atoms with Gasteiger partial charge in [0.15, 0.2) is 0 Å². The third-order valence-corrected chi connectivity index (χ3v) is 4.56. The molecule has 0 saturated heterocycles. The largest absolute Gasteiger partial charge is 0.317 e. The molecule has 0 rings (SSSR count). The Morgan fingerprint density at radius 3 is 1.36 bits per heavy atom. The van der Waals surface area contributed by atoms with Crippen LogP contribution in [0.25, 0.3) is 0 Å².